The highest BCUT2D eigenvalue weighted by Crippen LogP contribution is 2.35. The van der Waals surface area contributed by atoms with Crippen LogP contribution in [0.3, 0.4) is 0 Å². The highest BCUT2D eigenvalue weighted by molar-refractivity contribution is 7.51. The maximum absolute atomic E-state index is 10.1. The standard InChI is InChI=1S/C9H14N2.C4H11O3P/c1-2-6-10(7-3-1)11-8-4-5-9-11;1-2-3-4-8(5,6)7/h1-3,6H,4-5,7-9H2;2-4H2,1H3,(H2,5,6,7). The molecule has 0 atom stereocenters. The second kappa shape index (κ2) is 8.54. The molecule has 0 spiro atoms. The highest BCUT2D eigenvalue weighted by Gasteiger charge is 2.15. The second-order valence-electron chi connectivity index (χ2n) is 4.79. The molecular formula is C13H25N2O3P. The molecule has 19 heavy (non-hydrogen) atoms. The molecular weight excluding hydrogens is 263 g/mol. The minimum atomic E-state index is -3.68. The third-order valence-electron chi connectivity index (χ3n) is 3.05. The average Bonchev–Trinajstić information content (AvgIpc) is 2.91. The first-order chi connectivity index (χ1) is 9.03. The van der Waals surface area contributed by atoms with Gasteiger partial charge in [-0.05, 0) is 25.3 Å². The van der Waals surface area contributed by atoms with Crippen LogP contribution in [0, 0.1) is 0 Å². The molecule has 0 unspecified atom stereocenters. The Bertz CT molecular complexity index is 346. The summed E-state index contributed by atoms with van der Waals surface area (Å²) in [6.07, 6.45) is 12.7. The topological polar surface area (TPSA) is 64.0 Å². The molecule has 0 saturated carbocycles. The van der Waals surface area contributed by atoms with Gasteiger partial charge in [-0.2, -0.15) is 0 Å². The van der Waals surface area contributed by atoms with E-state index in [1.54, 1.807) is 0 Å². The molecule has 1 fully saturated rings. The van der Waals surface area contributed by atoms with Gasteiger partial charge in [0, 0.05) is 25.5 Å². The van der Waals surface area contributed by atoms with Gasteiger partial charge in [-0.1, -0.05) is 25.5 Å². The van der Waals surface area contributed by atoms with Crippen molar-refractivity contribution in [1.82, 2.24) is 10.0 Å². The molecule has 2 N–H and O–H groups in total. The Morgan fingerprint density at radius 3 is 2.32 bits per heavy atom. The van der Waals surface area contributed by atoms with E-state index < -0.39 is 7.60 Å². The third kappa shape index (κ3) is 7.53. The quantitative estimate of drug-likeness (QED) is 0.777. The van der Waals surface area contributed by atoms with E-state index in [4.69, 9.17) is 9.79 Å². The van der Waals surface area contributed by atoms with Crippen molar-refractivity contribution in [3.8, 4) is 0 Å². The fourth-order valence-corrected chi connectivity index (χ4v) is 2.72. The number of unbranched alkanes of at least 4 members (excludes halogenated alkanes) is 1. The molecule has 2 rings (SSSR count). The smallest absolute Gasteiger partial charge is 0.324 e. The summed E-state index contributed by atoms with van der Waals surface area (Å²) in [6, 6.07) is 0. The zero-order chi connectivity index (χ0) is 14.1. The minimum Gasteiger partial charge on any atom is -0.324 e. The van der Waals surface area contributed by atoms with Gasteiger partial charge in [-0.15, -0.1) is 0 Å². The lowest BCUT2D eigenvalue weighted by atomic mass is 10.4. The van der Waals surface area contributed by atoms with E-state index in [9.17, 15) is 4.57 Å². The van der Waals surface area contributed by atoms with Crippen molar-refractivity contribution < 1.29 is 14.4 Å². The van der Waals surface area contributed by atoms with Crippen molar-refractivity contribution in [2.75, 3.05) is 25.8 Å². The van der Waals surface area contributed by atoms with E-state index in [1.165, 1.54) is 25.9 Å². The lowest BCUT2D eigenvalue weighted by Crippen LogP contribution is -2.37. The lowest BCUT2D eigenvalue weighted by Gasteiger charge is -2.30. The largest absolute Gasteiger partial charge is 0.325 e. The number of hydrazine groups is 1. The Kier molecular flexibility index (Phi) is 7.39. The van der Waals surface area contributed by atoms with Crippen LogP contribution >= 0.6 is 7.60 Å². The molecule has 2 heterocycles. The summed E-state index contributed by atoms with van der Waals surface area (Å²) in [6.45, 7) is 5.42. The van der Waals surface area contributed by atoms with Crippen molar-refractivity contribution >= 4 is 7.60 Å². The molecule has 0 aromatic heterocycles. The zero-order valence-corrected chi connectivity index (χ0v) is 12.5. The van der Waals surface area contributed by atoms with Crippen molar-refractivity contribution in [2.45, 2.75) is 32.6 Å². The summed E-state index contributed by atoms with van der Waals surface area (Å²) in [7, 11) is -3.68. The van der Waals surface area contributed by atoms with Gasteiger partial charge in [0.05, 0.1) is 6.54 Å². The maximum atomic E-state index is 10.1. The summed E-state index contributed by atoms with van der Waals surface area (Å²) in [5.74, 6) is 0. The Hall–Kier alpha value is -0.610. The lowest BCUT2D eigenvalue weighted by molar-refractivity contribution is 0.0600. The molecule has 0 amide bonds. The van der Waals surface area contributed by atoms with Gasteiger partial charge in [-0.25, -0.2) is 5.01 Å². The van der Waals surface area contributed by atoms with E-state index in [0.29, 0.717) is 6.42 Å². The summed E-state index contributed by atoms with van der Waals surface area (Å²) < 4.78 is 10.1. The fraction of sp³-hybridized carbons (Fsp3) is 0.692. The average molecular weight is 288 g/mol. The summed E-state index contributed by atoms with van der Waals surface area (Å²) in [4.78, 5) is 16.5. The Morgan fingerprint density at radius 1 is 1.21 bits per heavy atom. The molecule has 0 aliphatic carbocycles. The van der Waals surface area contributed by atoms with Crippen molar-refractivity contribution in [1.29, 1.82) is 0 Å². The fourth-order valence-electron chi connectivity index (χ4n) is 1.99. The van der Waals surface area contributed by atoms with Gasteiger partial charge in [-0.3, -0.25) is 4.57 Å². The molecule has 0 aromatic carbocycles. The van der Waals surface area contributed by atoms with Crippen LogP contribution in [0.4, 0.5) is 0 Å². The summed E-state index contributed by atoms with van der Waals surface area (Å²) >= 11 is 0. The summed E-state index contributed by atoms with van der Waals surface area (Å²) in [5.41, 5.74) is 0. The van der Waals surface area contributed by atoms with Gasteiger partial charge in [0.2, 0.25) is 0 Å². The van der Waals surface area contributed by atoms with Crippen LogP contribution in [-0.2, 0) is 4.57 Å². The highest BCUT2D eigenvalue weighted by atomic mass is 31.2. The molecule has 0 aromatic rings. The van der Waals surface area contributed by atoms with E-state index in [-0.39, 0.29) is 6.16 Å². The minimum absolute atomic E-state index is 0.0312. The molecule has 0 radical (unpaired) electrons. The van der Waals surface area contributed by atoms with Crippen LogP contribution < -0.4 is 0 Å². The Labute approximate surface area is 115 Å². The number of nitrogens with zero attached hydrogens (tertiary/aromatic N) is 2. The van der Waals surface area contributed by atoms with Gasteiger partial charge < -0.3 is 14.8 Å². The molecule has 2 aliphatic heterocycles. The first-order valence-electron chi connectivity index (χ1n) is 6.92. The van der Waals surface area contributed by atoms with Gasteiger partial charge >= 0.3 is 7.60 Å². The number of hydrogen-bond acceptors (Lipinski definition) is 3. The van der Waals surface area contributed by atoms with Crippen LogP contribution in [0.25, 0.3) is 0 Å². The number of allylic oxidation sites excluding steroid dienone is 2. The van der Waals surface area contributed by atoms with E-state index >= 15 is 0 Å². The second-order valence-corrected chi connectivity index (χ2v) is 6.57. The van der Waals surface area contributed by atoms with Crippen LogP contribution in [0.1, 0.15) is 32.6 Å². The van der Waals surface area contributed by atoms with Crippen molar-refractivity contribution in [2.24, 2.45) is 0 Å². The van der Waals surface area contributed by atoms with Crippen molar-refractivity contribution in [3.05, 3.63) is 24.4 Å². The first-order valence-corrected chi connectivity index (χ1v) is 8.72. The predicted octanol–water partition coefficient (Wildman–Crippen LogP) is 2.35. The monoisotopic (exact) mass is 288 g/mol. The molecule has 6 heteroatoms. The van der Waals surface area contributed by atoms with Crippen LogP contribution in [0.15, 0.2) is 24.4 Å². The van der Waals surface area contributed by atoms with Gasteiger partial charge in [0.25, 0.3) is 0 Å². The summed E-state index contributed by atoms with van der Waals surface area (Å²) in [5, 5.41) is 4.72. The SMILES string of the molecule is C1=CCN(N2CCCC2)C=C1.CCCCP(=O)(O)O. The van der Waals surface area contributed by atoms with E-state index in [0.717, 1.165) is 13.0 Å². The predicted molar refractivity (Wildman–Crippen MR) is 77.6 cm³/mol. The molecule has 0 bridgehead atoms. The Balaban J connectivity index is 0.000000203. The van der Waals surface area contributed by atoms with Crippen LogP contribution in [0.5, 0.6) is 0 Å². The maximum Gasteiger partial charge on any atom is 0.325 e. The normalized spacial score (nSPS) is 19.4. The molecule has 110 valence electrons. The molecule has 2 aliphatic rings. The van der Waals surface area contributed by atoms with Crippen molar-refractivity contribution in [3.63, 3.8) is 0 Å². The van der Waals surface area contributed by atoms with Gasteiger partial charge in [0.15, 0.2) is 0 Å². The zero-order valence-electron chi connectivity index (χ0n) is 11.6. The molecule has 5 nitrogen and oxygen atoms in total. The van der Waals surface area contributed by atoms with Crippen LogP contribution in [0.2, 0.25) is 0 Å². The number of hydrogen-bond donors (Lipinski definition) is 2. The van der Waals surface area contributed by atoms with E-state index in [1.807, 2.05) is 6.92 Å². The van der Waals surface area contributed by atoms with E-state index in [2.05, 4.69) is 34.4 Å². The third-order valence-corrected chi connectivity index (χ3v) is 3.95. The number of rotatable bonds is 4. The van der Waals surface area contributed by atoms with Gasteiger partial charge in [0.1, 0.15) is 0 Å². The van der Waals surface area contributed by atoms with Crippen LogP contribution in [-0.4, -0.2) is 45.6 Å². The first kappa shape index (κ1) is 16.4. The Morgan fingerprint density at radius 2 is 1.89 bits per heavy atom. The molecule has 1 saturated heterocycles.